The fourth-order valence-electron chi connectivity index (χ4n) is 3.22. The van der Waals surface area contributed by atoms with Crippen molar-refractivity contribution in [1.29, 1.82) is 0 Å². The molecule has 0 aromatic heterocycles. The van der Waals surface area contributed by atoms with E-state index < -0.39 is 5.76 Å². The lowest BCUT2D eigenvalue weighted by molar-refractivity contribution is -0.117. The molecule has 2 atom stereocenters. The highest BCUT2D eigenvalue weighted by molar-refractivity contribution is 7.99. The minimum absolute atomic E-state index is 0.00384. The maximum atomic E-state index is 12.3. The van der Waals surface area contributed by atoms with Gasteiger partial charge in [0.15, 0.2) is 0 Å². The number of halogens is 2. The third-order valence-corrected chi connectivity index (χ3v) is 5.12. The number of amides is 1. The lowest BCUT2D eigenvalue weighted by Gasteiger charge is -2.16. The quantitative estimate of drug-likeness (QED) is 0.758. The van der Waals surface area contributed by atoms with Crippen LogP contribution in [0.25, 0.3) is 0 Å². The average Bonchev–Trinajstić information content (AvgIpc) is 2.97. The molecule has 1 amide bonds. The van der Waals surface area contributed by atoms with Crippen molar-refractivity contribution in [3.8, 4) is 0 Å². The van der Waals surface area contributed by atoms with Crippen molar-refractivity contribution in [2.24, 2.45) is 5.73 Å². The standard InChI is InChI=1S/C19H21F2N3OS/c20-19(21)26-15-8-6-14(7-9-15)23-18(25)12-24-10-16(17(22)11-24)13-4-2-1-3-5-13/h1-9,16-17,19H,10-12,22H2,(H,23,25)/t16-,17+/m0/s1. The molecule has 1 fully saturated rings. The number of nitrogens with two attached hydrogens (primary N) is 1. The Bertz CT molecular complexity index is 727. The number of benzene rings is 2. The molecule has 2 aromatic carbocycles. The molecular formula is C19H21F2N3OS. The summed E-state index contributed by atoms with van der Waals surface area (Å²) in [7, 11) is 0. The van der Waals surface area contributed by atoms with E-state index in [1.807, 2.05) is 23.1 Å². The minimum atomic E-state index is -2.45. The lowest BCUT2D eigenvalue weighted by atomic mass is 9.95. The van der Waals surface area contributed by atoms with Gasteiger partial charge in [-0.3, -0.25) is 9.69 Å². The van der Waals surface area contributed by atoms with Crippen LogP contribution in [0.4, 0.5) is 14.5 Å². The summed E-state index contributed by atoms with van der Waals surface area (Å²) in [5, 5.41) is 2.80. The zero-order valence-electron chi connectivity index (χ0n) is 14.1. The number of alkyl halides is 2. The first-order valence-corrected chi connectivity index (χ1v) is 9.27. The highest BCUT2D eigenvalue weighted by Gasteiger charge is 2.31. The van der Waals surface area contributed by atoms with Crippen LogP contribution in [0, 0.1) is 0 Å². The molecule has 0 radical (unpaired) electrons. The van der Waals surface area contributed by atoms with E-state index in [1.165, 1.54) is 5.56 Å². The van der Waals surface area contributed by atoms with E-state index in [2.05, 4.69) is 17.4 Å². The summed E-state index contributed by atoms with van der Waals surface area (Å²) in [6, 6.07) is 16.5. The number of carbonyl (C=O) groups excluding carboxylic acids is 1. The number of hydrogen-bond acceptors (Lipinski definition) is 4. The number of thioether (sulfide) groups is 1. The molecule has 0 spiro atoms. The molecule has 0 unspecified atom stereocenters. The van der Waals surface area contributed by atoms with Gasteiger partial charge in [-0.05, 0) is 29.8 Å². The van der Waals surface area contributed by atoms with Crippen molar-refractivity contribution >= 4 is 23.4 Å². The zero-order valence-corrected chi connectivity index (χ0v) is 15.0. The molecule has 1 aliphatic heterocycles. The maximum absolute atomic E-state index is 12.3. The Kier molecular flexibility index (Phi) is 6.24. The summed E-state index contributed by atoms with van der Waals surface area (Å²) in [5.74, 6) is -2.37. The molecule has 3 rings (SSSR count). The molecule has 26 heavy (non-hydrogen) atoms. The van der Waals surface area contributed by atoms with Gasteiger partial charge >= 0.3 is 0 Å². The van der Waals surface area contributed by atoms with Crippen LogP contribution in [0.3, 0.4) is 0 Å². The van der Waals surface area contributed by atoms with Crippen molar-refractivity contribution in [3.05, 3.63) is 60.2 Å². The first-order valence-electron chi connectivity index (χ1n) is 8.39. The normalized spacial score (nSPS) is 20.5. The van der Waals surface area contributed by atoms with E-state index in [0.717, 1.165) is 6.54 Å². The van der Waals surface area contributed by atoms with Crippen molar-refractivity contribution in [3.63, 3.8) is 0 Å². The van der Waals surface area contributed by atoms with E-state index >= 15 is 0 Å². The van der Waals surface area contributed by atoms with Crippen LogP contribution >= 0.6 is 11.8 Å². The topological polar surface area (TPSA) is 58.4 Å². The lowest BCUT2D eigenvalue weighted by Crippen LogP contribution is -2.33. The van der Waals surface area contributed by atoms with Crippen LogP contribution in [0.2, 0.25) is 0 Å². The van der Waals surface area contributed by atoms with Crippen LogP contribution < -0.4 is 11.1 Å². The molecule has 0 aliphatic carbocycles. The van der Waals surface area contributed by atoms with Gasteiger partial charge in [0, 0.05) is 35.6 Å². The Labute approximate surface area is 155 Å². The van der Waals surface area contributed by atoms with Gasteiger partial charge in [0.05, 0.1) is 6.54 Å². The smallest absolute Gasteiger partial charge is 0.288 e. The molecule has 1 heterocycles. The van der Waals surface area contributed by atoms with Gasteiger partial charge in [-0.25, -0.2) is 0 Å². The second-order valence-corrected chi connectivity index (χ2v) is 7.39. The molecule has 138 valence electrons. The number of carbonyl (C=O) groups is 1. The highest BCUT2D eigenvalue weighted by atomic mass is 32.2. The second-order valence-electron chi connectivity index (χ2n) is 6.33. The second kappa shape index (κ2) is 8.62. The summed E-state index contributed by atoms with van der Waals surface area (Å²) in [6.07, 6.45) is 0. The molecule has 0 bridgehead atoms. The van der Waals surface area contributed by atoms with Gasteiger partial charge in [-0.1, -0.05) is 42.1 Å². The van der Waals surface area contributed by atoms with E-state index in [1.54, 1.807) is 24.3 Å². The fourth-order valence-corrected chi connectivity index (χ4v) is 3.72. The third kappa shape index (κ3) is 5.03. The molecule has 3 N–H and O–H groups in total. The van der Waals surface area contributed by atoms with Crippen LogP contribution in [-0.4, -0.2) is 42.2 Å². The predicted octanol–water partition coefficient (Wildman–Crippen LogP) is 3.37. The zero-order chi connectivity index (χ0) is 18.5. The number of likely N-dealkylation sites (tertiary alicyclic amines) is 1. The van der Waals surface area contributed by atoms with Gasteiger partial charge in [0.1, 0.15) is 0 Å². The van der Waals surface area contributed by atoms with Gasteiger partial charge in [-0.15, -0.1) is 0 Å². The average molecular weight is 377 g/mol. The van der Waals surface area contributed by atoms with Crippen molar-refractivity contribution < 1.29 is 13.6 Å². The Balaban J connectivity index is 1.52. The maximum Gasteiger partial charge on any atom is 0.288 e. The number of nitrogens with zero attached hydrogens (tertiary/aromatic N) is 1. The number of hydrogen-bond donors (Lipinski definition) is 2. The third-order valence-electron chi connectivity index (χ3n) is 4.40. The van der Waals surface area contributed by atoms with Crippen LogP contribution in [0.15, 0.2) is 59.5 Å². The van der Waals surface area contributed by atoms with E-state index in [0.29, 0.717) is 28.9 Å². The summed E-state index contributed by atoms with van der Waals surface area (Å²) in [6.45, 7) is 1.66. The summed E-state index contributed by atoms with van der Waals surface area (Å²) in [4.78, 5) is 14.8. The molecule has 1 aliphatic rings. The predicted molar refractivity (Wildman–Crippen MR) is 101 cm³/mol. The monoisotopic (exact) mass is 377 g/mol. The minimum Gasteiger partial charge on any atom is -0.326 e. The SMILES string of the molecule is N[C@@H]1CN(CC(=O)Nc2ccc(SC(F)F)cc2)C[C@H]1c1ccccc1. The Morgan fingerprint density at radius 1 is 1.15 bits per heavy atom. The summed E-state index contributed by atoms with van der Waals surface area (Å²) >= 11 is 0.482. The van der Waals surface area contributed by atoms with Crippen LogP contribution in [0.1, 0.15) is 11.5 Å². The molecule has 1 saturated heterocycles. The van der Waals surface area contributed by atoms with Gasteiger partial charge in [-0.2, -0.15) is 8.78 Å². The largest absolute Gasteiger partial charge is 0.326 e. The Morgan fingerprint density at radius 2 is 1.85 bits per heavy atom. The number of anilines is 1. The Morgan fingerprint density at radius 3 is 2.50 bits per heavy atom. The first kappa shape index (κ1) is 18.8. The number of rotatable bonds is 6. The van der Waals surface area contributed by atoms with Crippen molar-refractivity contribution in [2.45, 2.75) is 22.6 Å². The van der Waals surface area contributed by atoms with E-state index in [9.17, 15) is 13.6 Å². The van der Waals surface area contributed by atoms with Crippen molar-refractivity contribution in [1.82, 2.24) is 4.90 Å². The Hall–Kier alpha value is -1.96. The first-order chi connectivity index (χ1) is 12.5. The van der Waals surface area contributed by atoms with E-state index in [-0.39, 0.29) is 24.4 Å². The van der Waals surface area contributed by atoms with Crippen LogP contribution in [0.5, 0.6) is 0 Å². The summed E-state index contributed by atoms with van der Waals surface area (Å²) < 4.78 is 24.6. The van der Waals surface area contributed by atoms with Crippen LogP contribution in [-0.2, 0) is 4.79 Å². The van der Waals surface area contributed by atoms with Crippen molar-refractivity contribution in [2.75, 3.05) is 25.0 Å². The fraction of sp³-hybridized carbons (Fsp3) is 0.316. The highest BCUT2D eigenvalue weighted by Crippen LogP contribution is 2.27. The molecular weight excluding hydrogens is 356 g/mol. The molecule has 0 saturated carbocycles. The molecule has 7 heteroatoms. The van der Waals surface area contributed by atoms with Gasteiger partial charge in [0.25, 0.3) is 5.76 Å². The van der Waals surface area contributed by atoms with E-state index in [4.69, 9.17) is 5.73 Å². The van der Waals surface area contributed by atoms with Gasteiger partial charge < -0.3 is 11.1 Å². The molecule has 2 aromatic rings. The summed E-state index contributed by atoms with van der Waals surface area (Å²) in [5.41, 5.74) is 8.03. The number of nitrogens with one attached hydrogen (secondary N) is 1. The molecule has 4 nitrogen and oxygen atoms in total. The van der Waals surface area contributed by atoms with Gasteiger partial charge in [0.2, 0.25) is 5.91 Å².